The Hall–Kier alpha value is -0.468. The van der Waals surface area contributed by atoms with Crippen LogP contribution in [0.4, 0.5) is 0 Å². The van der Waals surface area contributed by atoms with Crippen LogP contribution in [0.5, 0.6) is 0 Å². The van der Waals surface area contributed by atoms with Crippen molar-refractivity contribution in [3.05, 3.63) is 60.7 Å². The summed E-state index contributed by atoms with van der Waals surface area (Å²) < 4.78 is 0. The van der Waals surface area contributed by atoms with Crippen LogP contribution < -0.4 is 10.6 Å². The molecule has 0 saturated heterocycles. The van der Waals surface area contributed by atoms with Gasteiger partial charge in [-0.1, -0.05) is 74.0 Å². The first-order valence-corrected chi connectivity index (χ1v) is 7.82. The van der Waals surface area contributed by atoms with Crippen molar-refractivity contribution in [3.8, 4) is 0 Å². The van der Waals surface area contributed by atoms with Gasteiger partial charge in [-0.3, -0.25) is 0 Å². The molecular formula is C16H19PPd. The molecule has 0 bridgehead atoms. The second-order valence-electron chi connectivity index (χ2n) is 4.18. The maximum Gasteiger partial charge on any atom is 0 e. The quantitative estimate of drug-likeness (QED) is 0.567. The van der Waals surface area contributed by atoms with E-state index in [0.717, 1.165) is 0 Å². The van der Waals surface area contributed by atoms with E-state index in [1.807, 2.05) is 0 Å². The van der Waals surface area contributed by atoms with Crippen molar-refractivity contribution in [2.24, 2.45) is 0 Å². The molecule has 0 unspecified atom stereocenters. The SMILES string of the molecule is CCCCP(c1ccccc1)c1ccccc1.[Pd]. The van der Waals surface area contributed by atoms with Gasteiger partial charge in [0.1, 0.15) is 0 Å². The van der Waals surface area contributed by atoms with Gasteiger partial charge in [0, 0.05) is 20.4 Å². The molecule has 2 aromatic rings. The largest absolute Gasteiger partial charge is 0.0654 e. The van der Waals surface area contributed by atoms with Gasteiger partial charge in [-0.05, 0) is 31.1 Å². The molecule has 0 N–H and O–H groups in total. The predicted octanol–water partition coefficient (Wildman–Crippen LogP) is 3.92. The third kappa shape index (κ3) is 4.33. The molecule has 0 spiro atoms. The minimum atomic E-state index is -0.157. The maximum absolute atomic E-state index is 2.27. The zero-order valence-corrected chi connectivity index (χ0v) is 13.1. The van der Waals surface area contributed by atoms with Gasteiger partial charge in [-0.15, -0.1) is 0 Å². The molecular weight excluding hydrogens is 330 g/mol. The van der Waals surface area contributed by atoms with E-state index in [4.69, 9.17) is 0 Å². The molecule has 98 valence electrons. The van der Waals surface area contributed by atoms with Crippen LogP contribution in [0.25, 0.3) is 0 Å². The third-order valence-corrected chi connectivity index (χ3v) is 5.48. The van der Waals surface area contributed by atoms with Crippen LogP contribution in [-0.4, -0.2) is 6.16 Å². The van der Waals surface area contributed by atoms with Crippen LogP contribution in [0.2, 0.25) is 0 Å². The standard InChI is InChI=1S/C16H19P.Pd/c1-2-3-14-17(15-10-6-4-7-11-15)16-12-8-5-9-13-16;/h4-13H,2-3,14H2,1H3;. The summed E-state index contributed by atoms with van der Waals surface area (Å²) in [5, 5.41) is 3.00. The molecule has 0 aliphatic heterocycles. The van der Waals surface area contributed by atoms with E-state index in [1.54, 1.807) is 0 Å². The molecule has 0 aliphatic carbocycles. The van der Waals surface area contributed by atoms with Crippen LogP contribution in [0.15, 0.2) is 60.7 Å². The molecule has 2 rings (SSSR count). The van der Waals surface area contributed by atoms with Gasteiger partial charge >= 0.3 is 0 Å². The smallest absolute Gasteiger partial charge is 0 e. The Morgan fingerprint density at radius 3 is 1.61 bits per heavy atom. The molecule has 0 saturated carbocycles. The average Bonchev–Trinajstić information content (AvgIpc) is 2.42. The fourth-order valence-electron chi connectivity index (χ4n) is 1.94. The Labute approximate surface area is 125 Å². The first-order valence-electron chi connectivity index (χ1n) is 6.29. The van der Waals surface area contributed by atoms with Crippen molar-refractivity contribution in [3.63, 3.8) is 0 Å². The Kier molecular flexibility index (Phi) is 7.45. The molecule has 0 aromatic heterocycles. The summed E-state index contributed by atoms with van der Waals surface area (Å²) in [6, 6.07) is 21.9. The van der Waals surface area contributed by atoms with Crippen molar-refractivity contribution >= 4 is 18.5 Å². The minimum Gasteiger partial charge on any atom is -0.0654 e. The predicted molar refractivity (Wildman–Crippen MR) is 78.8 cm³/mol. The molecule has 0 amide bonds. The Morgan fingerprint density at radius 1 is 0.778 bits per heavy atom. The average molecular weight is 349 g/mol. The van der Waals surface area contributed by atoms with Gasteiger partial charge in [-0.2, -0.15) is 0 Å². The maximum atomic E-state index is 2.27. The van der Waals surface area contributed by atoms with Crippen LogP contribution >= 0.6 is 7.92 Å². The van der Waals surface area contributed by atoms with Crippen molar-refractivity contribution in [1.82, 2.24) is 0 Å². The molecule has 0 radical (unpaired) electrons. The van der Waals surface area contributed by atoms with Crippen LogP contribution in [0.1, 0.15) is 19.8 Å². The molecule has 0 nitrogen and oxygen atoms in total. The molecule has 0 atom stereocenters. The van der Waals surface area contributed by atoms with Crippen molar-refractivity contribution in [2.75, 3.05) is 6.16 Å². The van der Waals surface area contributed by atoms with Crippen LogP contribution in [0.3, 0.4) is 0 Å². The van der Waals surface area contributed by atoms with E-state index < -0.39 is 0 Å². The second-order valence-corrected chi connectivity index (χ2v) is 6.51. The topological polar surface area (TPSA) is 0 Å². The summed E-state index contributed by atoms with van der Waals surface area (Å²) in [5.74, 6) is 0. The Morgan fingerprint density at radius 2 is 1.22 bits per heavy atom. The van der Waals surface area contributed by atoms with Gasteiger partial charge in [-0.25, -0.2) is 0 Å². The summed E-state index contributed by atoms with van der Waals surface area (Å²) in [4.78, 5) is 0. The summed E-state index contributed by atoms with van der Waals surface area (Å²) in [6.45, 7) is 2.27. The van der Waals surface area contributed by atoms with E-state index in [1.165, 1.54) is 29.6 Å². The number of rotatable bonds is 5. The van der Waals surface area contributed by atoms with Gasteiger partial charge in [0.2, 0.25) is 0 Å². The van der Waals surface area contributed by atoms with Crippen molar-refractivity contribution in [1.29, 1.82) is 0 Å². The molecule has 0 fully saturated rings. The van der Waals surface area contributed by atoms with Crippen molar-refractivity contribution in [2.45, 2.75) is 19.8 Å². The van der Waals surface area contributed by atoms with Crippen LogP contribution in [-0.2, 0) is 20.4 Å². The summed E-state index contributed by atoms with van der Waals surface area (Å²) in [7, 11) is -0.157. The number of benzene rings is 2. The van der Waals surface area contributed by atoms with E-state index in [-0.39, 0.29) is 28.3 Å². The normalized spacial score (nSPS) is 10.1. The summed E-state index contributed by atoms with van der Waals surface area (Å²) in [6.07, 6.45) is 3.90. The number of hydrogen-bond acceptors (Lipinski definition) is 0. The number of hydrogen-bond donors (Lipinski definition) is 0. The van der Waals surface area contributed by atoms with E-state index in [0.29, 0.717) is 0 Å². The fraction of sp³-hybridized carbons (Fsp3) is 0.250. The monoisotopic (exact) mass is 348 g/mol. The summed E-state index contributed by atoms with van der Waals surface area (Å²) >= 11 is 0. The first kappa shape index (κ1) is 15.6. The first-order chi connectivity index (χ1) is 8.42. The molecule has 0 aliphatic rings. The van der Waals surface area contributed by atoms with Gasteiger partial charge in [0.05, 0.1) is 0 Å². The third-order valence-electron chi connectivity index (χ3n) is 2.87. The van der Waals surface area contributed by atoms with Crippen molar-refractivity contribution < 1.29 is 20.4 Å². The summed E-state index contributed by atoms with van der Waals surface area (Å²) in [5.41, 5.74) is 0. The zero-order valence-electron chi connectivity index (χ0n) is 10.7. The number of unbranched alkanes of at least 4 members (excludes halogenated alkanes) is 1. The van der Waals surface area contributed by atoms with E-state index in [2.05, 4.69) is 67.6 Å². The Bertz CT molecular complexity index is 388. The molecule has 18 heavy (non-hydrogen) atoms. The zero-order chi connectivity index (χ0) is 11.9. The van der Waals surface area contributed by atoms with Crippen LogP contribution in [0, 0.1) is 0 Å². The molecule has 2 heteroatoms. The van der Waals surface area contributed by atoms with Gasteiger partial charge < -0.3 is 0 Å². The van der Waals surface area contributed by atoms with E-state index >= 15 is 0 Å². The fourth-order valence-corrected chi connectivity index (χ4v) is 4.45. The second kappa shape index (κ2) is 8.60. The Balaban J connectivity index is 0.00000162. The van der Waals surface area contributed by atoms with E-state index in [9.17, 15) is 0 Å². The van der Waals surface area contributed by atoms with Gasteiger partial charge in [0.15, 0.2) is 0 Å². The molecule has 0 heterocycles. The van der Waals surface area contributed by atoms with Gasteiger partial charge in [0.25, 0.3) is 0 Å². The minimum absolute atomic E-state index is 0. The molecule has 2 aromatic carbocycles.